The van der Waals surface area contributed by atoms with Crippen LogP contribution in [0.25, 0.3) is 11.0 Å². The molecule has 1 heterocycles. The zero-order chi connectivity index (χ0) is 16.4. The lowest BCUT2D eigenvalue weighted by molar-refractivity contribution is -0.115. The van der Waals surface area contributed by atoms with Gasteiger partial charge in [-0.2, -0.15) is 0 Å². The van der Waals surface area contributed by atoms with E-state index >= 15 is 0 Å². The first-order valence-electron chi connectivity index (χ1n) is 7.21. The zero-order valence-electron chi connectivity index (χ0n) is 12.8. The van der Waals surface area contributed by atoms with Gasteiger partial charge in [-0.1, -0.05) is 35.5 Å². The highest BCUT2D eigenvalue weighted by Gasteiger charge is 2.17. The number of anilines is 1. The predicted molar refractivity (Wildman–Crippen MR) is 96.2 cm³/mol. The monoisotopic (exact) mass is 345 g/mol. The Balaban J connectivity index is 1.69. The van der Waals surface area contributed by atoms with Gasteiger partial charge in [0.25, 0.3) is 0 Å². The van der Waals surface area contributed by atoms with E-state index in [1.807, 2.05) is 50.2 Å². The minimum absolute atomic E-state index is 0.0564. The summed E-state index contributed by atoms with van der Waals surface area (Å²) < 4.78 is 0. The van der Waals surface area contributed by atoms with Crippen molar-refractivity contribution in [1.82, 2.24) is 9.97 Å². The van der Waals surface area contributed by atoms with Crippen molar-refractivity contribution in [1.29, 1.82) is 0 Å². The van der Waals surface area contributed by atoms with Crippen LogP contribution in [0.5, 0.6) is 0 Å². The molecule has 1 unspecified atom stereocenters. The summed E-state index contributed by atoms with van der Waals surface area (Å²) >= 11 is 7.35. The van der Waals surface area contributed by atoms with Crippen molar-refractivity contribution in [2.45, 2.75) is 24.3 Å². The Labute approximate surface area is 143 Å². The summed E-state index contributed by atoms with van der Waals surface area (Å²) in [6, 6.07) is 13.2. The number of benzene rings is 2. The molecule has 0 aliphatic carbocycles. The normalized spacial score (nSPS) is 12.3. The van der Waals surface area contributed by atoms with Gasteiger partial charge in [0.1, 0.15) is 0 Å². The van der Waals surface area contributed by atoms with Gasteiger partial charge in [0.05, 0.1) is 16.3 Å². The van der Waals surface area contributed by atoms with Crippen LogP contribution >= 0.6 is 23.4 Å². The Morgan fingerprint density at radius 3 is 2.91 bits per heavy atom. The Morgan fingerprint density at radius 2 is 2.13 bits per heavy atom. The molecule has 0 spiro atoms. The fourth-order valence-corrected chi connectivity index (χ4v) is 3.19. The van der Waals surface area contributed by atoms with Crippen LogP contribution in [-0.4, -0.2) is 21.1 Å². The molecule has 0 fully saturated rings. The first-order valence-corrected chi connectivity index (χ1v) is 8.46. The van der Waals surface area contributed by atoms with E-state index in [1.165, 1.54) is 11.8 Å². The SMILES string of the molecule is Cc1cccc(NC(=O)C(C)Sc2nc3ccc(Cl)cc3[nH]2)c1. The Kier molecular flexibility index (Phi) is 4.59. The number of aryl methyl sites for hydroxylation is 1. The highest BCUT2D eigenvalue weighted by molar-refractivity contribution is 8.00. The van der Waals surface area contributed by atoms with E-state index in [2.05, 4.69) is 15.3 Å². The van der Waals surface area contributed by atoms with Gasteiger partial charge in [0, 0.05) is 10.7 Å². The summed E-state index contributed by atoms with van der Waals surface area (Å²) in [7, 11) is 0. The Morgan fingerprint density at radius 1 is 1.30 bits per heavy atom. The molecular weight excluding hydrogens is 330 g/mol. The number of rotatable bonds is 4. The third-order valence-electron chi connectivity index (χ3n) is 3.37. The van der Waals surface area contributed by atoms with E-state index in [0.29, 0.717) is 10.2 Å². The summed E-state index contributed by atoms with van der Waals surface area (Å²) in [6.45, 7) is 3.85. The third-order valence-corrected chi connectivity index (χ3v) is 4.58. The predicted octanol–water partition coefficient (Wildman–Crippen LogP) is 4.64. The smallest absolute Gasteiger partial charge is 0.237 e. The van der Waals surface area contributed by atoms with E-state index < -0.39 is 0 Å². The van der Waals surface area contributed by atoms with Gasteiger partial charge >= 0.3 is 0 Å². The van der Waals surface area contributed by atoms with Crippen molar-refractivity contribution in [2.24, 2.45) is 0 Å². The number of imidazole rings is 1. The number of nitrogens with zero attached hydrogens (tertiary/aromatic N) is 1. The molecule has 0 saturated carbocycles. The minimum Gasteiger partial charge on any atom is -0.333 e. The summed E-state index contributed by atoms with van der Waals surface area (Å²) in [4.78, 5) is 20.0. The van der Waals surface area contributed by atoms with Gasteiger partial charge in [-0.05, 0) is 49.7 Å². The first kappa shape index (κ1) is 15.9. The summed E-state index contributed by atoms with van der Waals surface area (Å²) in [5.41, 5.74) is 3.62. The lowest BCUT2D eigenvalue weighted by Crippen LogP contribution is -2.22. The first-order chi connectivity index (χ1) is 11.0. The van der Waals surface area contributed by atoms with Crippen LogP contribution in [0.4, 0.5) is 5.69 Å². The van der Waals surface area contributed by atoms with Gasteiger partial charge in [-0.25, -0.2) is 4.98 Å². The molecule has 3 rings (SSSR count). The molecule has 1 aromatic heterocycles. The zero-order valence-corrected chi connectivity index (χ0v) is 14.3. The fraction of sp³-hybridized carbons (Fsp3) is 0.176. The lowest BCUT2D eigenvalue weighted by atomic mass is 10.2. The number of amides is 1. The van der Waals surface area contributed by atoms with E-state index in [4.69, 9.17) is 11.6 Å². The standard InChI is InChI=1S/C17H16ClN3OS/c1-10-4-3-5-13(8-10)19-16(22)11(2)23-17-20-14-7-6-12(18)9-15(14)21-17/h3-9,11H,1-2H3,(H,19,22)(H,20,21). The van der Waals surface area contributed by atoms with Crippen molar-refractivity contribution >= 4 is 46.0 Å². The van der Waals surface area contributed by atoms with E-state index in [1.54, 1.807) is 6.07 Å². The average Bonchev–Trinajstić information content (AvgIpc) is 2.88. The number of thioether (sulfide) groups is 1. The van der Waals surface area contributed by atoms with Crippen LogP contribution in [0.2, 0.25) is 5.02 Å². The molecule has 2 N–H and O–H groups in total. The molecule has 2 aromatic carbocycles. The Hall–Kier alpha value is -1.98. The number of nitrogens with one attached hydrogen (secondary N) is 2. The average molecular weight is 346 g/mol. The molecule has 6 heteroatoms. The fourth-order valence-electron chi connectivity index (χ4n) is 2.20. The maximum atomic E-state index is 12.3. The molecule has 0 radical (unpaired) electrons. The number of carbonyl (C=O) groups excluding carboxylic acids is 1. The second kappa shape index (κ2) is 6.64. The van der Waals surface area contributed by atoms with Crippen molar-refractivity contribution in [2.75, 3.05) is 5.32 Å². The maximum absolute atomic E-state index is 12.3. The van der Waals surface area contributed by atoms with Gasteiger partial charge in [-0.15, -0.1) is 0 Å². The van der Waals surface area contributed by atoms with Crippen LogP contribution in [0.15, 0.2) is 47.6 Å². The van der Waals surface area contributed by atoms with E-state index in [0.717, 1.165) is 22.3 Å². The van der Waals surface area contributed by atoms with Crippen molar-refractivity contribution in [3.63, 3.8) is 0 Å². The highest BCUT2D eigenvalue weighted by atomic mass is 35.5. The molecule has 0 saturated heterocycles. The summed E-state index contributed by atoms with van der Waals surface area (Å²) in [5, 5.41) is 4.01. The third kappa shape index (κ3) is 3.86. The second-order valence-electron chi connectivity index (χ2n) is 5.32. The molecule has 118 valence electrons. The number of fused-ring (bicyclic) bond motifs is 1. The van der Waals surface area contributed by atoms with Crippen LogP contribution in [0.1, 0.15) is 12.5 Å². The molecular formula is C17H16ClN3OS. The molecule has 0 aliphatic heterocycles. The van der Waals surface area contributed by atoms with Gasteiger partial charge in [-0.3, -0.25) is 4.79 Å². The van der Waals surface area contributed by atoms with Gasteiger partial charge in [0.2, 0.25) is 5.91 Å². The summed E-state index contributed by atoms with van der Waals surface area (Å²) in [5.74, 6) is -0.0564. The number of hydrogen-bond acceptors (Lipinski definition) is 3. The number of H-pyrrole nitrogens is 1. The summed E-state index contributed by atoms with van der Waals surface area (Å²) in [6.07, 6.45) is 0. The van der Waals surface area contributed by atoms with Crippen LogP contribution in [0, 0.1) is 6.92 Å². The van der Waals surface area contributed by atoms with Crippen LogP contribution in [0.3, 0.4) is 0 Å². The molecule has 0 aliphatic rings. The topological polar surface area (TPSA) is 57.8 Å². The lowest BCUT2D eigenvalue weighted by Gasteiger charge is -2.10. The minimum atomic E-state index is -0.272. The number of hydrogen-bond donors (Lipinski definition) is 2. The van der Waals surface area contributed by atoms with Crippen molar-refractivity contribution in [3.8, 4) is 0 Å². The van der Waals surface area contributed by atoms with Crippen LogP contribution in [-0.2, 0) is 4.79 Å². The quantitative estimate of drug-likeness (QED) is 0.677. The number of halogens is 1. The van der Waals surface area contributed by atoms with Crippen molar-refractivity contribution < 1.29 is 4.79 Å². The molecule has 4 nitrogen and oxygen atoms in total. The van der Waals surface area contributed by atoms with Crippen molar-refractivity contribution in [3.05, 3.63) is 53.1 Å². The highest BCUT2D eigenvalue weighted by Crippen LogP contribution is 2.25. The number of carbonyl (C=O) groups is 1. The molecule has 1 amide bonds. The Bertz CT molecular complexity index is 862. The number of aromatic amines is 1. The van der Waals surface area contributed by atoms with E-state index in [-0.39, 0.29) is 11.2 Å². The van der Waals surface area contributed by atoms with E-state index in [9.17, 15) is 4.79 Å². The second-order valence-corrected chi connectivity index (χ2v) is 7.09. The molecule has 23 heavy (non-hydrogen) atoms. The maximum Gasteiger partial charge on any atom is 0.237 e. The molecule has 3 aromatic rings. The number of aromatic nitrogens is 2. The molecule has 0 bridgehead atoms. The molecule has 1 atom stereocenters. The van der Waals surface area contributed by atoms with Crippen LogP contribution < -0.4 is 5.32 Å². The van der Waals surface area contributed by atoms with Gasteiger partial charge in [0.15, 0.2) is 5.16 Å². The van der Waals surface area contributed by atoms with Gasteiger partial charge < -0.3 is 10.3 Å². The largest absolute Gasteiger partial charge is 0.333 e.